The van der Waals surface area contributed by atoms with Crippen molar-refractivity contribution in [3.63, 3.8) is 0 Å². The number of rotatable bonds is 9. The molecule has 138 valence electrons. The fourth-order valence-corrected chi connectivity index (χ4v) is 4.02. The van der Waals surface area contributed by atoms with Crippen molar-refractivity contribution in [3.05, 3.63) is 34.7 Å². The van der Waals surface area contributed by atoms with Crippen LogP contribution >= 0.6 is 11.8 Å². The molecule has 0 fully saturated rings. The van der Waals surface area contributed by atoms with Crippen LogP contribution in [0.5, 0.6) is 0 Å². The second kappa shape index (κ2) is 9.85. The second-order valence-electron chi connectivity index (χ2n) is 6.52. The van der Waals surface area contributed by atoms with E-state index in [-0.39, 0.29) is 17.5 Å². The lowest BCUT2D eigenvalue weighted by atomic mass is 9.97. The summed E-state index contributed by atoms with van der Waals surface area (Å²) >= 11 is 1.32. The minimum Gasteiger partial charge on any atom is -0.465 e. The molecule has 0 unspecified atom stereocenters. The summed E-state index contributed by atoms with van der Waals surface area (Å²) in [6, 6.07) is 1.98. The van der Waals surface area contributed by atoms with Crippen LogP contribution in [0.3, 0.4) is 0 Å². The van der Waals surface area contributed by atoms with Crippen molar-refractivity contribution in [2.45, 2.75) is 59.4 Å². The van der Waals surface area contributed by atoms with Gasteiger partial charge in [0.15, 0.2) is 5.78 Å². The van der Waals surface area contributed by atoms with E-state index < -0.39 is 0 Å². The van der Waals surface area contributed by atoms with Gasteiger partial charge in [-0.05, 0) is 58.9 Å². The van der Waals surface area contributed by atoms with Crippen molar-refractivity contribution in [2.24, 2.45) is 0 Å². The maximum Gasteiger partial charge on any atom is 0.315 e. The Morgan fingerprint density at radius 2 is 2.04 bits per heavy atom. The molecule has 1 aromatic rings. The van der Waals surface area contributed by atoms with E-state index in [1.807, 2.05) is 13.0 Å². The van der Waals surface area contributed by atoms with Gasteiger partial charge in [-0.2, -0.15) is 0 Å². The van der Waals surface area contributed by atoms with Crippen molar-refractivity contribution in [2.75, 3.05) is 18.1 Å². The highest BCUT2D eigenvalue weighted by Gasteiger charge is 2.16. The summed E-state index contributed by atoms with van der Waals surface area (Å²) in [5.74, 6) is 0.373. The number of carbonyl (C=O) groups is 2. The molecule has 0 bridgehead atoms. The summed E-state index contributed by atoms with van der Waals surface area (Å²) in [4.78, 5) is 23.8. The number of ketones is 1. The van der Waals surface area contributed by atoms with Crippen LogP contribution in [0.2, 0.25) is 0 Å². The first-order valence-corrected chi connectivity index (χ1v) is 10.3. The number of hydrogen-bond acceptors (Lipinski definition) is 4. The van der Waals surface area contributed by atoms with Gasteiger partial charge in [0.1, 0.15) is 0 Å². The van der Waals surface area contributed by atoms with Gasteiger partial charge in [0.25, 0.3) is 0 Å². The average molecular weight is 364 g/mol. The van der Waals surface area contributed by atoms with E-state index in [9.17, 15) is 9.59 Å². The summed E-state index contributed by atoms with van der Waals surface area (Å²) in [7, 11) is 0. The minimum absolute atomic E-state index is 0.0885. The fraction of sp³-hybridized carbons (Fsp3) is 0.600. The second-order valence-corrected chi connectivity index (χ2v) is 7.50. The van der Waals surface area contributed by atoms with Crippen molar-refractivity contribution in [1.82, 2.24) is 4.57 Å². The Balaban J connectivity index is 1.92. The van der Waals surface area contributed by atoms with Crippen LogP contribution in [0.15, 0.2) is 17.7 Å². The summed E-state index contributed by atoms with van der Waals surface area (Å²) in [5, 5.41) is 0. The van der Waals surface area contributed by atoms with E-state index in [1.165, 1.54) is 37.4 Å². The first-order chi connectivity index (χ1) is 12.0. The Hall–Kier alpha value is -1.49. The highest BCUT2D eigenvalue weighted by atomic mass is 32.2. The highest BCUT2D eigenvalue weighted by molar-refractivity contribution is 8.00. The third-order valence-electron chi connectivity index (χ3n) is 4.67. The molecule has 1 heterocycles. The average Bonchev–Trinajstić information content (AvgIpc) is 2.88. The summed E-state index contributed by atoms with van der Waals surface area (Å²) < 4.78 is 7.13. The van der Waals surface area contributed by atoms with Gasteiger partial charge in [-0.3, -0.25) is 9.59 Å². The predicted octanol–water partition coefficient (Wildman–Crippen LogP) is 4.47. The van der Waals surface area contributed by atoms with Crippen LogP contribution in [0.4, 0.5) is 0 Å². The molecule has 2 rings (SSSR count). The van der Waals surface area contributed by atoms with E-state index in [0.29, 0.717) is 12.4 Å². The molecule has 0 saturated heterocycles. The van der Waals surface area contributed by atoms with Crippen LogP contribution in [0.1, 0.15) is 60.8 Å². The number of ether oxygens (including phenoxy) is 1. The van der Waals surface area contributed by atoms with Gasteiger partial charge in [0.05, 0.1) is 18.1 Å². The van der Waals surface area contributed by atoms with Crippen molar-refractivity contribution < 1.29 is 14.3 Å². The molecule has 0 radical (unpaired) electrons. The highest BCUT2D eigenvalue weighted by Crippen LogP contribution is 2.23. The van der Waals surface area contributed by atoms with Gasteiger partial charge in [0.2, 0.25) is 0 Å². The number of hydrogen-bond donors (Lipinski definition) is 0. The lowest BCUT2D eigenvalue weighted by Gasteiger charge is -2.15. The molecule has 0 amide bonds. The van der Waals surface area contributed by atoms with Crippen LogP contribution in [-0.2, 0) is 16.1 Å². The minimum atomic E-state index is -0.258. The molecule has 1 aliphatic rings. The van der Waals surface area contributed by atoms with Gasteiger partial charge < -0.3 is 9.30 Å². The van der Waals surface area contributed by atoms with Gasteiger partial charge in [-0.25, -0.2) is 0 Å². The van der Waals surface area contributed by atoms with E-state index in [0.717, 1.165) is 29.9 Å². The molecule has 0 atom stereocenters. The third-order valence-corrected chi connectivity index (χ3v) is 5.58. The molecule has 0 N–H and O–H groups in total. The van der Waals surface area contributed by atoms with E-state index in [4.69, 9.17) is 4.74 Å². The molecular weight excluding hydrogens is 334 g/mol. The zero-order valence-corrected chi connectivity index (χ0v) is 16.4. The van der Waals surface area contributed by atoms with Crippen LogP contribution in [0, 0.1) is 13.8 Å². The smallest absolute Gasteiger partial charge is 0.315 e. The van der Waals surface area contributed by atoms with E-state index in [2.05, 4.69) is 17.6 Å². The van der Waals surface area contributed by atoms with E-state index >= 15 is 0 Å². The number of aryl methyl sites for hydroxylation is 1. The fourth-order valence-electron chi connectivity index (χ4n) is 3.32. The van der Waals surface area contributed by atoms with Crippen molar-refractivity contribution >= 4 is 23.5 Å². The van der Waals surface area contributed by atoms with Gasteiger partial charge in [-0.1, -0.05) is 11.6 Å². The monoisotopic (exact) mass is 363 g/mol. The third kappa shape index (κ3) is 5.77. The molecule has 4 nitrogen and oxygen atoms in total. The molecule has 0 aliphatic heterocycles. The Morgan fingerprint density at radius 1 is 1.24 bits per heavy atom. The molecule has 0 saturated carbocycles. The van der Waals surface area contributed by atoms with Crippen molar-refractivity contribution in [1.29, 1.82) is 0 Å². The number of carbonyl (C=O) groups excluding carboxylic acids is 2. The summed E-state index contributed by atoms with van der Waals surface area (Å²) in [5.41, 5.74) is 4.51. The maximum atomic E-state index is 12.5. The topological polar surface area (TPSA) is 48.3 Å². The lowest BCUT2D eigenvalue weighted by Crippen LogP contribution is -2.11. The number of allylic oxidation sites excluding steroid dienone is 2. The Labute approximate surface area is 155 Å². The Bertz CT molecular complexity index is 646. The lowest BCUT2D eigenvalue weighted by molar-refractivity contribution is -0.139. The SMILES string of the molecule is CCOC(=O)CSCC(=O)c1cc(C)n(CCC2=CCCCC2)c1C. The van der Waals surface area contributed by atoms with Crippen LogP contribution in [-0.4, -0.2) is 34.4 Å². The van der Waals surface area contributed by atoms with Gasteiger partial charge in [0, 0.05) is 23.5 Å². The zero-order valence-electron chi connectivity index (χ0n) is 15.6. The standard InChI is InChI=1S/C20H29NO3S/c1-4-24-20(23)14-25-13-19(22)18-12-15(2)21(16(18)3)11-10-17-8-6-5-7-9-17/h8,12H,4-7,9-11,13-14H2,1-3H3. The molecule has 1 aromatic heterocycles. The summed E-state index contributed by atoms with van der Waals surface area (Å²) in [6.45, 7) is 7.18. The predicted molar refractivity (Wildman–Crippen MR) is 103 cm³/mol. The van der Waals surface area contributed by atoms with Crippen LogP contribution in [0.25, 0.3) is 0 Å². The molecule has 5 heteroatoms. The largest absolute Gasteiger partial charge is 0.465 e. The number of aromatic nitrogens is 1. The number of nitrogens with zero attached hydrogens (tertiary/aromatic N) is 1. The molecular formula is C20H29NO3S. The molecule has 0 spiro atoms. The number of Topliss-reactive ketones (excluding diaryl/α,β-unsaturated/α-hetero) is 1. The molecule has 1 aliphatic carbocycles. The Morgan fingerprint density at radius 3 is 2.72 bits per heavy atom. The van der Waals surface area contributed by atoms with Crippen molar-refractivity contribution in [3.8, 4) is 0 Å². The first kappa shape index (κ1) is 19.8. The normalized spacial score (nSPS) is 14.3. The maximum absolute atomic E-state index is 12.5. The number of thioether (sulfide) groups is 1. The quantitative estimate of drug-likeness (QED) is 0.369. The van der Waals surface area contributed by atoms with Gasteiger partial charge in [-0.15, -0.1) is 11.8 Å². The first-order valence-electron chi connectivity index (χ1n) is 9.14. The Kier molecular flexibility index (Phi) is 7.82. The zero-order chi connectivity index (χ0) is 18.2. The van der Waals surface area contributed by atoms with Crippen LogP contribution < -0.4 is 0 Å². The molecule has 0 aromatic carbocycles. The number of esters is 1. The summed E-state index contributed by atoms with van der Waals surface area (Å²) in [6.07, 6.45) is 8.50. The van der Waals surface area contributed by atoms with Gasteiger partial charge >= 0.3 is 5.97 Å². The van der Waals surface area contributed by atoms with E-state index in [1.54, 1.807) is 12.5 Å². The molecule has 25 heavy (non-hydrogen) atoms.